The molecular weight excluding hydrogens is 354 g/mol. The number of nitrogens with one attached hydrogen (secondary N) is 1. The van der Waals surface area contributed by atoms with E-state index in [0.29, 0.717) is 6.04 Å². The molecule has 104 valence electrons. The average Bonchev–Trinajstić information content (AvgIpc) is 3.25. The third-order valence-electron chi connectivity index (χ3n) is 3.24. The van der Waals surface area contributed by atoms with E-state index in [1.807, 2.05) is 18.2 Å². The zero-order chi connectivity index (χ0) is 13.9. The van der Waals surface area contributed by atoms with E-state index >= 15 is 0 Å². The molecule has 0 spiro atoms. The van der Waals surface area contributed by atoms with Gasteiger partial charge in [0, 0.05) is 26.9 Å². The van der Waals surface area contributed by atoms with Crippen molar-refractivity contribution < 1.29 is 0 Å². The van der Waals surface area contributed by atoms with Crippen molar-refractivity contribution in [3.8, 4) is 0 Å². The summed E-state index contributed by atoms with van der Waals surface area (Å²) >= 11 is 11.5. The Labute approximate surface area is 137 Å². The van der Waals surface area contributed by atoms with Crippen LogP contribution in [-0.2, 0) is 6.54 Å². The standard InChI is InChI=1S/C16H15BrClNS/c17-12-5-8-15(11(9-12)10-19-13-6-7-13)20-16-4-2-1-3-14(16)18/h1-5,8-9,13,19H,6-7,10H2. The molecule has 1 aliphatic rings. The third kappa shape index (κ3) is 3.79. The van der Waals surface area contributed by atoms with Crippen molar-refractivity contribution in [1.29, 1.82) is 0 Å². The molecule has 0 unspecified atom stereocenters. The zero-order valence-electron chi connectivity index (χ0n) is 10.9. The van der Waals surface area contributed by atoms with Gasteiger partial charge in [0.2, 0.25) is 0 Å². The Morgan fingerprint density at radius 2 is 1.95 bits per heavy atom. The van der Waals surface area contributed by atoms with Crippen LogP contribution in [0.4, 0.5) is 0 Å². The SMILES string of the molecule is Clc1ccccc1Sc1ccc(Br)cc1CNC1CC1. The lowest BCUT2D eigenvalue weighted by Gasteiger charge is -2.11. The van der Waals surface area contributed by atoms with Crippen LogP contribution in [0.3, 0.4) is 0 Å². The number of hydrogen-bond acceptors (Lipinski definition) is 2. The summed E-state index contributed by atoms with van der Waals surface area (Å²) in [5.41, 5.74) is 1.32. The first-order valence-corrected chi connectivity index (χ1v) is 8.65. The van der Waals surface area contributed by atoms with Gasteiger partial charge in [-0.15, -0.1) is 0 Å². The molecule has 0 atom stereocenters. The first-order chi connectivity index (χ1) is 9.72. The van der Waals surface area contributed by atoms with Gasteiger partial charge in [-0.2, -0.15) is 0 Å². The molecule has 2 aromatic carbocycles. The maximum atomic E-state index is 6.25. The maximum Gasteiger partial charge on any atom is 0.0545 e. The van der Waals surface area contributed by atoms with Crippen molar-refractivity contribution in [2.75, 3.05) is 0 Å². The van der Waals surface area contributed by atoms with Crippen LogP contribution < -0.4 is 5.32 Å². The normalized spacial score (nSPS) is 14.5. The van der Waals surface area contributed by atoms with Crippen LogP contribution in [0.15, 0.2) is 56.7 Å². The quantitative estimate of drug-likeness (QED) is 0.747. The Morgan fingerprint density at radius 1 is 1.15 bits per heavy atom. The lowest BCUT2D eigenvalue weighted by molar-refractivity contribution is 0.680. The zero-order valence-corrected chi connectivity index (χ0v) is 14.1. The first kappa shape index (κ1) is 14.5. The highest BCUT2D eigenvalue weighted by molar-refractivity contribution is 9.10. The van der Waals surface area contributed by atoms with E-state index in [4.69, 9.17) is 11.6 Å². The van der Waals surface area contributed by atoms with Crippen molar-refractivity contribution in [3.63, 3.8) is 0 Å². The van der Waals surface area contributed by atoms with Crippen LogP contribution in [0.1, 0.15) is 18.4 Å². The van der Waals surface area contributed by atoms with E-state index < -0.39 is 0 Å². The van der Waals surface area contributed by atoms with Crippen molar-refractivity contribution in [1.82, 2.24) is 5.32 Å². The van der Waals surface area contributed by atoms with Crippen LogP contribution in [0.25, 0.3) is 0 Å². The summed E-state index contributed by atoms with van der Waals surface area (Å²) in [6.07, 6.45) is 2.61. The molecule has 0 aromatic heterocycles. The van der Waals surface area contributed by atoms with Gasteiger partial charge in [0.15, 0.2) is 0 Å². The van der Waals surface area contributed by atoms with E-state index in [-0.39, 0.29) is 0 Å². The van der Waals surface area contributed by atoms with Crippen LogP contribution >= 0.6 is 39.3 Å². The van der Waals surface area contributed by atoms with Gasteiger partial charge >= 0.3 is 0 Å². The van der Waals surface area contributed by atoms with Gasteiger partial charge in [-0.3, -0.25) is 0 Å². The molecule has 20 heavy (non-hydrogen) atoms. The summed E-state index contributed by atoms with van der Waals surface area (Å²) in [6.45, 7) is 0.914. The van der Waals surface area contributed by atoms with Gasteiger partial charge in [-0.05, 0) is 48.7 Å². The lowest BCUT2D eigenvalue weighted by atomic mass is 10.2. The molecule has 1 saturated carbocycles. The van der Waals surface area contributed by atoms with Gasteiger partial charge in [-0.1, -0.05) is 51.4 Å². The third-order valence-corrected chi connectivity index (χ3v) is 5.37. The highest BCUT2D eigenvalue weighted by atomic mass is 79.9. The van der Waals surface area contributed by atoms with Crippen molar-refractivity contribution in [3.05, 3.63) is 57.5 Å². The molecule has 4 heteroatoms. The van der Waals surface area contributed by atoms with E-state index in [9.17, 15) is 0 Å². The summed E-state index contributed by atoms with van der Waals surface area (Å²) in [6, 6.07) is 15.1. The minimum Gasteiger partial charge on any atom is -0.310 e. The summed E-state index contributed by atoms with van der Waals surface area (Å²) in [5.74, 6) is 0. The van der Waals surface area contributed by atoms with Crippen molar-refractivity contribution in [2.45, 2.75) is 35.2 Å². The lowest BCUT2D eigenvalue weighted by Crippen LogP contribution is -2.15. The fourth-order valence-electron chi connectivity index (χ4n) is 1.97. The molecule has 1 nitrogen and oxygen atoms in total. The van der Waals surface area contributed by atoms with Gasteiger partial charge in [0.25, 0.3) is 0 Å². The fourth-order valence-corrected chi connectivity index (χ4v) is 3.58. The second kappa shape index (κ2) is 6.52. The Morgan fingerprint density at radius 3 is 2.70 bits per heavy atom. The van der Waals surface area contributed by atoms with E-state index in [2.05, 4.69) is 45.5 Å². The van der Waals surface area contributed by atoms with E-state index in [1.54, 1.807) is 11.8 Å². The molecule has 0 amide bonds. The molecule has 3 rings (SSSR count). The second-order valence-electron chi connectivity index (χ2n) is 4.94. The Balaban J connectivity index is 1.82. The Hall–Kier alpha value is -0.480. The number of rotatable bonds is 5. The van der Waals surface area contributed by atoms with Gasteiger partial charge in [-0.25, -0.2) is 0 Å². The maximum absolute atomic E-state index is 6.25. The first-order valence-electron chi connectivity index (χ1n) is 6.66. The summed E-state index contributed by atoms with van der Waals surface area (Å²) in [5, 5.41) is 4.38. The number of benzene rings is 2. The van der Waals surface area contributed by atoms with Gasteiger partial charge in [0.1, 0.15) is 0 Å². The summed E-state index contributed by atoms with van der Waals surface area (Å²) < 4.78 is 1.12. The molecular formula is C16H15BrClNS. The van der Waals surface area contributed by atoms with Crippen LogP contribution in [-0.4, -0.2) is 6.04 Å². The Kier molecular flexibility index (Phi) is 4.72. The monoisotopic (exact) mass is 367 g/mol. The van der Waals surface area contributed by atoms with E-state index in [0.717, 1.165) is 20.9 Å². The minimum absolute atomic E-state index is 0.715. The highest BCUT2D eigenvalue weighted by Gasteiger charge is 2.20. The summed E-state index contributed by atoms with van der Waals surface area (Å²) in [7, 11) is 0. The molecule has 0 aliphatic heterocycles. The van der Waals surface area contributed by atoms with Crippen molar-refractivity contribution in [2.24, 2.45) is 0 Å². The largest absolute Gasteiger partial charge is 0.310 e. The molecule has 0 radical (unpaired) electrons. The predicted octanol–water partition coefficient (Wildman–Crippen LogP) is 5.51. The van der Waals surface area contributed by atoms with E-state index in [1.165, 1.54) is 23.3 Å². The predicted molar refractivity (Wildman–Crippen MR) is 89.6 cm³/mol. The fraction of sp³-hybridized carbons (Fsp3) is 0.250. The highest BCUT2D eigenvalue weighted by Crippen LogP contribution is 2.36. The molecule has 0 bridgehead atoms. The molecule has 2 aromatic rings. The van der Waals surface area contributed by atoms with Crippen LogP contribution in [0, 0.1) is 0 Å². The van der Waals surface area contributed by atoms with Gasteiger partial charge < -0.3 is 5.32 Å². The number of halogens is 2. The molecule has 0 saturated heterocycles. The summed E-state index contributed by atoms with van der Waals surface area (Å²) in [4.78, 5) is 2.36. The molecule has 0 heterocycles. The van der Waals surface area contributed by atoms with Crippen molar-refractivity contribution >= 4 is 39.3 Å². The number of hydrogen-bond donors (Lipinski definition) is 1. The van der Waals surface area contributed by atoms with Crippen LogP contribution in [0.5, 0.6) is 0 Å². The molecule has 1 aliphatic carbocycles. The molecule has 1 fully saturated rings. The Bertz CT molecular complexity index is 613. The van der Waals surface area contributed by atoms with Crippen LogP contribution in [0.2, 0.25) is 5.02 Å². The average molecular weight is 369 g/mol. The smallest absolute Gasteiger partial charge is 0.0545 e. The second-order valence-corrected chi connectivity index (χ2v) is 7.35. The van der Waals surface area contributed by atoms with Gasteiger partial charge in [0.05, 0.1) is 5.02 Å². The topological polar surface area (TPSA) is 12.0 Å². The minimum atomic E-state index is 0.715. The molecule has 1 N–H and O–H groups in total.